The number of thioether (sulfide) groups is 1. The Balaban J connectivity index is 1.67. The van der Waals surface area contributed by atoms with Crippen molar-refractivity contribution in [2.45, 2.75) is 17.9 Å². The smallest absolute Gasteiger partial charge is 0.308 e. The first-order chi connectivity index (χ1) is 11.1. The first kappa shape index (κ1) is 15.9. The van der Waals surface area contributed by atoms with E-state index in [2.05, 4.69) is 34.7 Å². The highest BCUT2D eigenvalue weighted by atomic mass is 32.2. The largest absolute Gasteiger partial charge is 0.323 e. The summed E-state index contributed by atoms with van der Waals surface area (Å²) in [6.07, 6.45) is 3.09. The maximum atomic E-state index is 12.2. The Morgan fingerprint density at radius 2 is 1.87 bits per heavy atom. The Morgan fingerprint density at radius 3 is 2.65 bits per heavy atom. The minimum absolute atomic E-state index is 0.215. The molecule has 0 aromatic heterocycles. The molecule has 2 aromatic carbocycles. The summed E-state index contributed by atoms with van der Waals surface area (Å²) >= 11 is 1.65. The average Bonchev–Trinajstić information content (AvgIpc) is 2.54. The van der Waals surface area contributed by atoms with Gasteiger partial charge >= 0.3 is 6.03 Å². The van der Waals surface area contributed by atoms with Gasteiger partial charge in [-0.1, -0.05) is 12.1 Å². The van der Waals surface area contributed by atoms with Crippen LogP contribution in [0.1, 0.15) is 11.1 Å². The van der Waals surface area contributed by atoms with Gasteiger partial charge in [0.15, 0.2) is 0 Å². The fourth-order valence-corrected chi connectivity index (χ4v) is 3.23. The number of hydrogen-bond acceptors (Lipinski definition) is 3. The van der Waals surface area contributed by atoms with E-state index in [1.54, 1.807) is 11.8 Å². The molecule has 5 heteroatoms. The quantitative estimate of drug-likeness (QED) is 0.836. The molecule has 0 aliphatic carbocycles. The van der Waals surface area contributed by atoms with Crippen molar-refractivity contribution in [2.24, 2.45) is 0 Å². The van der Waals surface area contributed by atoms with E-state index in [9.17, 15) is 4.79 Å². The molecule has 120 valence electrons. The number of hydrogen-bond donors (Lipinski definition) is 2. The van der Waals surface area contributed by atoms with Crippen LogP contribution in [0.3, 0.4) is 0 Å². The molecule has 2 aromatic rings. The second-order valence-electron chi connectivity index (χ2n) is 5.78. The summed E-state index contributed by atoms with van der Waals surface area (Å²) in [6, 6.07) is 13.8. The predicted octanol–water partition coefficient (Wildman–Crippen LogP) is 4.04. The van der Waals surface area contributed by atoms with Crippen molar-refractivity contribution < 1.29 is 4.79 Å². The molecule has 1 aliphatic rings. The van der Waals surface area contributed by atoms with Gasteiger partial charge in [0, 0.05) is 29.4 Å². The maximum absolute atomic E-state index is 12.2. The van der Waals surface area contributed by atoms with Crippen molar-refractivity contribution >= 4 is 29.2 Å². The number of urea groups is 1. The highest BCUT2D eigenvalue weighted by molar-refractivity contribution is 7.98. The molecule has 0 radical (unpaired) electrons. The molecule has 2 N–H and O–H groups in total. The summed E-state index contributed by atoms with van der Waals surface area (Å²) in [5.41, 5.74) is 4.30. The zero-order chi connectivity index (χ0) is 16.2. The van der Waals surface area contributed by atoms with E-state index in [1.165, 1.54) is 11.1 Å². The number of rotatable bonds is 3. The Kier molecular flexibility index (Phi) is 4.88. The van der Waals surface area contributed by atoms with E-state index >= 15 is 0 Å². The van der Waals surface area contributed by atoms with Crippen LogP contribution in [0.25, 0.3) is 0 Å². The van der Waals surface area contributed by atoms with E-state index in [-0.39, 0.29) is 6.03 Å². The van der Waals surface area contributed by atoms with Gasteiger partial charge in [0.05, 0.1) is 0 Å². The second-order valence-corrected chi connectivity index (χ2v) is 6.66. The van der Waals surface area contributed by atoms with Crippen molar-refractivity contribution in [3.8, 4) is 0 Å². The van der Waals surface area contributed by atoms with Crippen LogP contribution in [0.2, 0.25) is 0 Å². The van der Waals surface area contributed by atoms with Gasteiger partial charge in [-0.2, -0.15) is 0 Å². The third kappa shape index (κ3) is 4.06. The van der Waals surface area contributed by atoms with Crippen LogP contribution in [0, 0.1) is 0 Å². The molecule has 0 unspecified atom stereocenters. The van der Waals surface area contributed by atoms with Crippen LogP contribution in [0.4, 0.5) is 16.2 Å². The molecular formula is C18H21N3OS. The van der Waals surface area contributed by atoms with Gasteiger partial charge in [0.1, 0.15) is 0 Å². The highest BCUT2D eigenvalue weighted by Crippen LogP contribution is 2.22. The van der Waals surface area contributed by atoms with Gasteiger partial charge in [0.25, 0.3) is 0 Å². The Labute approximate surface area is 141 Å². The van der Waals surface area contributed by atoms with Gasteiger partial charge < -0.3 is 15.5 Å². The van der Waals surface area contributed by atoms with Crippen LogP contribution in [0.5, 0.6) is 0 Å². The number of benzene rings is 2. The number of likely N-dealkylation sites (N-methyl/N-ethyl adjacent to an activating group) is 1. The van der Waals surface area contributed by atoms with Gasteiger partial charge in [-0.3, -0.25) is 0 Å². The highest BCUT2D eigenvalue weighted by Gasteiger charge is 2.14. The first-order valence-electron chi connectivity index (χ1n) is 7.66. The second kappa shape index (κ2) is 7.06. The zero-order valence-corrected chi connectivity index (χ0v) is 14.2. The van der Waals surface area contributed by atoms with Gasteiger partial charge in [-0.05, 0) is 61.2 Å². The fourth-order valence-electron chi connectivity index (χ4n) is 2.77. The predicted molar refractivity (Wildman–Crippen MR) is 97.3 cm³/mol. The lowest BCUT2D eigenvalue weighted by Crippen LogP contribution is -2.26. The molecule has 0 spiro atoms. The van der Waals surface area contributed by atoms with Gasteiger partial charge in [-0.25, -0.2) is 4.79 Å². The zero-order valence-electron chi connectivity index (χ0n) is 13.4. The first-order valence-corrected chi connectivity index (χ1v) is 8.89. The maximum Gasteiger partial charge on any atom is 0.323 e. The molecule has 23 heavy (non-hydrogen) atoms. The van der Waals surface area contributed by atoms with Crippen molar-refractivity contribution in [2.75, 3.05) is 30.5 Å². The molecule has 4 nitrogen and oxygen atoms in total. The summed E-state index contributed by atoms with van der Waals surface area (Å²) in [7, 11) is 2.12. The lowest BCUT2D eigenvalue weighted by atomic mass is 9.99. The van der Waals surface area contributed by atoms with E-state index in [0.29, 0.717) is 0 Å². The van der Waals surface area contributed by atoms with Crippen LogP contribution in [0.15, 0.2) is 47.4 Å². The number of anilines is 2. The standard InChI is InChI=1S/C18H21N3OS/c1-21-9-8-13-6-7-16(10-14(13)12-21)20-18(22)19-15-4-3-5-17(11-15)23-2/h3-7,10-11H,8-9,12H2,1-2H3,(H2,19,20,22). The molecule has 0 saturated carbocycles. The molecule has 0 bridgehead atoms. The monoisotopic (exact) mass is 327 g/mol. The van der Waals surface area contributed by atoms with E-state index in [0.717, 1.165) is 35.8 Å². The Bertz CT molecular complexity index is 717. The molecule has 0 atom stereocenters. The summed E-state index contributed by atoms with van der Waals surface area (Å²) in [5, 5.41) is 5.80. The van der Waals surface area contributed by atoms with E-state index < -0.39 is 0 Å². The number of amides is 2. The van der Waals surface area contributed by atoms with Crippen molar-refractivity contribution in [1.82, 2.24) is 4.90 Å². The van der Waals surface area contributed by atoms with Crippen LogP contribution >= 0.6 is 11.8 Å². The van der Waals surface area contributed by atoms with Gasteiger partial charge in [-0.15, -0.1) is 11.8 Å². The van der Waals surface area contributed by atoms with Crippen LogP contribution in [-0.2, 0) is 13.0 Å². The van der Waals surface area contributed by atoms with Crippen molar-refractivity contribution in [3.63, 3.8) is 0 Å². The third-order valence-corrected chi connectivity index (χ3v) is 4.72. The third-order valence-electron chi connectivity index (χ3n) is 3.99. The molecule has 1 aliphatic heterocycles. The minimum atomic E-state index is -0.215. The average molecular weight is 327 g/mol. The minimum Gasteiger partial charge on any atom is -0.308 e. The topological polar surface area (TPSA) is 44.4 Å². The fraction of sp³-hybridized carbons (Fsp3) is 0.278. The van der Waals surface area contributed by atoms with E-state index in [1.807, 2.05) is 36.6 Å². The molecule has 3 rings (SSSR count). The number of carbonyl (C=O) groups excluding carboxylic acids is 1. The molecule has 1 heterocycles. The van der Waals surface area contributed by atoms with Crippen LogP contribution in [-0.4, -0.2) is 30.8 Å². The molecular weight excluding hydrogens is 306 g/mol. The normalized spacial score (nSPS) is 14.2. The summed E-state index contributed by atoms with van der Waals surface area (Å²) in [5.74, 6) is 0. The summed E-state index contributed by atoms with van der Waals surface area (Å²) in [4.78, 5) is 15.6. The SMILES string of the molecule is CSc1cccc(NC(=O)Nc2ccc3c(c2)CN(C)CC3)c1. The lowest BCUT2D eigenvalue weighted by molar-refractivity contribution is 0.262. The van der Waals surface area contributed by atoms with Gasteiger partial charge in [0.2, 0.25) is 0 Å². The van der Waals surface area contributed by atoms with Crippen molar-refractivity contribution in [1.29, 1.82) is 0 Å². The molecule has 0 saturated heterocycles. The summed E-state index contributed by atoms with van der Waals surface area (Å²) < 4.78 is 0. The van der Waals surface area contributed by atoms with Crippen LogP contribution < -0.4 is 10.6 Å². The van der Waals surface area contributed by atoms with Crippen molar-refractivity contribution in [3.05, 3.63) is 53.6 Å². The Hall–Kier alpha value is -1.98. The molecule has 0 fully saturated rings. The molecule has 2 amide bonds. The number of nitrogens with zero attached hydrogens (tertiary/aromatic N) is 1. The Morgan fingerprint density at radius 1 is 1.09 bits per heavy atom. The number of nitrogens with one attached hydrogen (secondary N) is 2. The van der Waals surface area contributed by atoms with E-state index in [4.69, 9.17) is 0 Å². The summed E-state index contributed by atoms with van der Waals surface area (Å²) in [6.45, 7) is 2.02. The number of fused-ring (bicyclic) bond motifs is 1. The number of carbonyl (C=O) groups is 1. The lowest BCUT2D eigenvalue weighted by Gasteiger charge is -2.25.